The van der Waals surface area contributed by atoms with Gasteiger partial charge in [0.05, 0.1) is 17.6 Å². The minimum absolute atomic E-state index is 0.113. The van der Waals surface area contributed by atoms with Crippen LogP contribution in [0.4, 0.5) is 0 Å². The average molecular weight is 478 g/mol. The quantitative estimate of drug-likeness (QED) is 0.673. The van der Waals surface area contributed by atoms with Crippen LogP contribution in [-0.4, -0.2) is 82.5 Å². The lowest BCUT2D eigenvalue weighted by molar-refractivity contribution is -0.138. The fourth-order valence-electron chi connectivity index (χ4n) is 5.50. The van der Waals surface area contributed by atoms with Gasteiger partial charge in [-0.2, -0.15) is 13.1 Å². The minimum atomic E-state index is -3.72. The highest BCUT2D eigenvalue weighted by atomic mass is 32.2. The summed E-state index contributed by atoms with van der Waals surface area (Å²) in [6, 6.07) is 5.75. The van der Waals surface area contributed by atoms with Gasteiger partial charge in [-0.15, -0.1) is 0 Å². The summed E-state index contributed by atoms with van der Waals surface area (Å²) in [5.74, 6) is -0.158. The third-order valence-corrected chi connectivity index (χ3v) is 9.76. The highest BCUT2D eigenvalue weighted by Gasteiger charge is 2.37. The van der Waals surface area contributed by atoms with E-state index in [1.807, 2.05) is 4.90 Å². The van der Waals surface area contributed by atoms with Crippen molar-refractivity contribution in [2.24, 2.45) is 5.92 Å². The Balaban J connectivity index is 1.24. The van der Waals surface area contributed by atoms with E-state index in [1.165, 1.54) is 36.4 Å². The van der Waals surface area contributed by atoms with Crippen molar-refractivity contribution in [2.45, 2.75) is 55.9 Å². The number of piperazine rings is 1. The van der Waals surface area contributed by atoms with E-state index in [9.17, 15) is 13.2 Å². The van der Waals surface area contributed by atoms with Crippen LogP contribution in [0.1, 0.15) is 44.9 Å². The van der Waals surface area contributed by atoms with Crippen LogP contribution >= 0.6 is 11.7 Å². The zero-order valence-corrected chi connectivity index (χ0v) is 20.0. The van der Waals surface area contributed by atoms with Crippen LogP contribution in [-0.2, 0) is 14.8 Å². The number of benzene rings is 1. The predicted octanol–water partition coefficient (Wildman–Crippen LogP) is 2.57. The lowest BCUT2D eigenvalue weighted by Crippen LogP contribution is -2.55. The molecule has 1 saturated carbocycles. The standard InChI is InChI=1S/C22H31N5O3S2/c28-22(26-14-12-25(13-15-26)18-7-2-1-3-8-18)17-6-5-11-27(16-17)32(29,30)20-10-4-9-19-21(20)24-31-23-19/h4,9-10,17-18H,1-3,5-8,11-16H2/t17-/m1/s1. The molecule has 0 bridgehead atoms. The molecule has 0 unspecified atom stereocenters. The predicted molar refractivity (Wildman–Crippen MR) is 124 cm³/mol. The second-order valence-electron chi connectivity index (χ2n) is 9.24. The van der Waals surface area contributed by atoms with Gasteiger partial charge in [-0.3, -0.25) is 9.69 Å². The van der Waals surface area contributed by atoms with Crippen LogP contribution < -0.4 is 0 Å². The van der Waals surface area contributed by atoms with Crippen molar-refractivity contribution in [1.82, 2.24) is 22.9 Å². The lowest BCUT2D eigenvalue weighted by atomic mass is 9.93. The van der Waals surface area contributed by atoms with E-state index < -0.39 is 10.0 Å². The van der Waals surface area contributed by atoms with Gasteiger partial charge in [0, 0.05) is 45.3 Å². The van der Waals surface area contributed by atoms with Crippen molar-refractivity contribution in [3.8, 4) is 0 Å². The van der Waals surface area contributed by atoms with Crippen LogP contribution in [0.15, 0.2) is 23.1 Å². The largest absolute Gasteiger partial charge is 0.340 e. The summed E-state index contributed by atoms with van der Waals surface area (Å²) in [7, 11) is -3.72. The van der Waals surface area contributed by atoms with Crippen LogP contribution in [0, 0.1) is 5.92 Å². The van der Waals surface area contributed by atoms with Crippen LogP contribution in [0.25, 0.3) is 11.0 Å². The van der Waals surface area contributed by atoms with E-state index in [0.29, 0.717) is 30.0 Å². The number of hydrogen-bond acceptors (Lipinski definition) is 7. The van der Waals surface area contributed by atoms with Gasteiger partial charge < -0.3 is 4.90 Å². The number of rotatable bonds is 4. The topological polar surface area (TPSA) is 86.7 Å². The molecule has 0 N–H and O–H groups in total. The molecule has 0 spiro atoms. The first-order valence-electron chi connectivity index (χ1n) is 11.8. The summed E-state index contributed by atoms with van der Waals surface area (Å²) in [6.07, 6.45) is 8.00. The Morgan fingerprint density at radius 2 is 1.72 bits per heavy atom. The molecule has 10 heteroatoms. The highest BCUT2D eigenvalue weighted by Crippen LogP contribution is 2.29. The average Bonchev–Trinajstić information content (AvgIpc) is 3.33. The maximum absolute atomic E-state index is 13.4. The second-order valence-corrected chi connectivity index (χ2v) is 11.7. The first-order valence-corrected chi connectivity index (χ1v) is 14.0. The van der Waals surface area contributed by atoms with Gasteiger partial charge in [-0.25, -0.2) is 8.42 Å². The third kappa shape index (κ3) is 4.30. The Morgan fingerprint density at radius 1 is 0.938 bits per heavy atom. The molecule has 1 aliphatic carbocycles. The van der Waals surface area contributed by atoms with E-state index in [4.69, 9.17) is 0 Å². The number of hydrogen-bond donors (Lipinski definition) is 0. The molecule has 8 nitrogen and oxygen atoms in total. The van der Waals surface area contributed by atoms with E-state index >= 15 is 0 Å². The van der Waals surface area contributed by atoms with E-state index in [-0.39, 0.29) is 23.3 Å². The number of carbonyl (C=O) groups is 1. The Hall–Kier alpha value is -1.62. The zero-order valence-electron chi connectivity index (χ0n) is 18.4. The number of fused-ring (bicyclic) bond motifs is 1. The molecule has 32 heavy (non-hydrogen) atoms. The molecular formula is C22H31N5O3S2. The number of sulfonamides is 1. The first-order chi connectivity index (χ1) is 15.5. The summed E-state index contributed by atoms with van der Waals surface area (Å²) in [5.41, 5.74) is 1.02. The maximum Gasteiger partial charge on any atom is 0.245 e. The first kappa shape index (κ1) is 22.2. The summed E-state index contributed by atoms with van der Waals surface area (Å²) in [5, 5.41) is 0. The van der Waals surface area contributed by atoms with E-state index in [1.54, 1.807) is 18.2 Å². The molecule has 2 saturated heterocycles. The Bertz CT molecular complexity index is 1060. The zero-order chi connectivity index (χ0) is 22.1. The molecule has 3 fully saturated rings. The van der Waals surface area contributed by atoms with Crippen molar-refractivity contribution in [2.75, 3.05) is 39.3 Å². The minimum Gasteiger partial charge on any atom is -0.340 e. The highest BCUT2D eigenvalue weighted by molar-refractivity contribution is 7.89. The van der Waals surface area contributed by atoms with Crippen molar-refractivity contribution >= 4 is 38.7 Å². The van der Waals surface area contributed by atoms with Crippen molar-refractivity contribution in [3.63, 3.8) is 0 Å². The van der Waals surface area contributed by atoms with E-state index in [0.717, 1.165) is 44.3 Å². The smallest absolute Gasteiger partial charge is 0.245 e. The summed E-state index contributed by atoms with van der Waals surface area (Å²) < 4.78 is 36.6. The number of piperidine rings is 1. The van der Waals surface area contributed by atoms with Crippen molar-refractivity contribution < 1.29 is 13.2 Å². The molecule has 2 aromatic rings. The summed E-state index contributed by atoms with van der Waals surface area (Å²) >= 11 is 1.02. The van der Waals surface area contributed by atoms with Gasteiger partial charge in [0.2, 0.25) is 15.9 Å². The van der Waals surface area contributed by atoms with E-state index in [2.05, 4.69) is 13.6 Å². The number of nitrogens with zero attached hydrogens (tertiary/aromatic N) is 5. The normalized spacial score (nSPS) is 24.8. The van der Waals surface area contributed by atoms with Crippen LogP contribution in [0.3, 0.4) is 0 Å². The van der Waals surface area contributed by atoms with Gasteiger partial charge in [0.15, 0.2) is 0 Å². The number of amides is 1. The molecule has 1 atom stereocenters. The van der Waals surface area contributed by atoms with Crippen molar-refractivity contribution in [3.05, 3.63) is 18.2 Å². The molecule has 1 aromatic heterocycles. The van der Waals surface area contributed by atoms with Crippen molar-refractivity contribution in [1.29, 1.82) is 0 Å². The molecule has 174 valence electrons. The molecule has 2 aliphatic heterocycles. The molecular weight excluding hydrogens is 446 g/mol. The fourth-order valence-corrected chi connectivity index (χ4v) is 7.78. The fraction of sp³-hybridized carbons (Fsp3) is 0.682. The Labute approximate surface area is 193 Å². The molecule has 3 aliphatic rings. The Morgan fingerprint density at radius 3 is 2.50 bits per heavy atom. The molecule has 1 aromatic carbocycles. The van der Waals surface area contributed by atoms with Gasteiger partial charge in [-0.05, 0) is 37.8 Å². The van der Waals surface area contributed by atoms with Gasteiger partial charge in [0.25, 0.3) is 0 Å². The van der Waals surface area contributed by atoms with Gasteiger partial charge in [-0.1, -0.05) is 25.3 Å². The molecule has 3 heterocycles. The summed E-state index contributed by atoms with van der Waals surface area (Å²) in [4.78, 5) is 18.0. The Kier molecular flexibility index (Phi) is 6.46. The van der Waals surface area contributed by atoms with Gasteiger partial charge >= 0.3 is 0 Å². The van der Waals surface area contributed by atoms with Crippen LogP contribution in [0.2, 0.25) is 0 Å². The SMILES string of the molecule is O=C([C@@H]1CCCN(S(=O)(=O)c2cccc3nsnc23)C1)N1CCN(C2CCCCC2)CC1. The maximum atomic E-state index is 13.4. The molecule has 5 rings (SSSR count). The molecule has 1 amide bonds. The second kappa shape index (κ2) is 9.32. The third-order valence-electron chi connectivity index (χ3n) is 7.32. The van der Waals surface area contributed by atoms with Gasteiger partial charge in [0.1, 0.15) is 15.9 Å². The number of carbonyl (C=O) groups excluding carboxylic acids is 1. The number of aromatic nitrogens is 2. The molecule has 0 radical (unpaired) electrons. The summed E-state index contributed by atoms with van der Waals surface area (Å²) in [6.45, 7) is 4.06. The van der Waals surface area contributed by atoms with Crippen LogP contribution in [0.5, 0.6) is 0 Å². The lowest BCUT2D eigenvalue weighted by Gasteiger charge is -2.42. The monoisotopic (exact) mass is 477 g/mol.